The van der Waals surface area contributed by atoms with E-state index in [1.165, 1.54) is 12.3 Å². The van der Waals surface area contributed by atoms with Crippen LogP contribution < -0.4 is 5.56 Å². The number of nitrogens with zero attached hydrogens (tertiary/aromatic N) is 4. The third-order valence-corrected chi connectivity index (χ3v) is 1.66. The zero-order valence-electron chi connectivity index (χ0n) is 8.27. The fraction of sp³-hybridized carbons (Fsp3) is 0.200. The first-order valence-corrected chi connectivity index (χ1v) is 4.40. The Labute approximate surface area is 91.2 Å². The second kappa shape index (κ2) is 5.92. The number of rotatable bonds is 2. The van der Waals surface area contributed by atoms with Gasteiger partial charge in [0, 0.05) is 29.6 Å². The van der Waals surface area contributed by atoms with Crippen LogP contribution in [0.1, 0.15) is 17.5 Å². The van der Waals surface area contributed by atoms with E-state index in [1.54, 1.807) is 6.07 Å². The number of hydrogen-bond acceptors (Lipinski definition) is 3. The second-order valence-corrected chi connectivity index (χ2v) is 2.75. The molecule has 0 fully saturated rings. The summed E-state index contributed by atoms with van der Waals surface area (Å²) in [5, 5.41) is 11.9. The zero-order valence-corrected chi connectivity index (χ0v) is 8.27. The molecule has 16 heavy (non-hydrogen) atoms. The van der Waals surface area contributed by atoms with Gasteiger partial charge in [-0.25, -0.2) is 0 Å². The second-order valence-electron chi connectivity index (χ2n) is 2.75. The van der Waals surface area contributed by atoms with Crippen LogP contribution in [0.15, 0.2) is 22.2 Å². The molecule has 0 radical (unpaired) electrons. The van der Waals surface area contributed by atoms with Crippen LogP contribution in [0.4, 0.5) is 0 Å². The van der Waals surface area contributed by atoms with E-state index in [0.29, 0.717) is 18.5 Å². The van der Waals surface area contributed by atoms with Crippen molar-refractivity contribution in [1.82, 2.24) is 4.98 Å². The van der Waals surface area contributed by atoms with Crippen molar-refractivity contribution in [3.05, 3.63) is 44.2 Å². The summed E-state index contributed by atoms with van der Waals surface area (Å²) in [4.78, 5) is 16.0. The van der Waals surface area contributed by atoms with E-state index in [4.69, 9.17) is 10.8 Å². The molecule has 0 atom stereocenters. The maximum absolute atomic E-state index is 11.0. The molecular formula is C10H7N5O. The van der Waals surface area contributed by atoms with Gasteiger partial charge < -0.3 is 4.98 Å². The summed E-state index contributed by atoms with van der Waals surface area (Å²) in [5.74, 6) is 5.51. The van der Waals surface area contributed by atoms with Gasteiger partial charge in [-0.2, -0.15) is 5.26 Å². The number of hydrogen-bond donors (Lipinski definition) is 1. The first kappa shape index (κ1) is 11.4. The molecule has 0 spiro atoms. The van der Waals surface area contributed by atoms with Crippen LogP contribution in [-0.4, -0.2) is 11.5 Å². The number of nitrogens with one attached hydrogen (secondary N) is 1. The lowest BCUT2D eigenvalue weighted by Gasteiger charge is -1.90. The highest BCUT2D eigenvalue weighted by molar-refractivity contribution is 5.38. The largest absolute Gasteiger partial charge is 0.327 e. The molecule has 1 rings (SSSR count). The summed E-state index contributed by atoms with van der Waals surface area (Å²) < 4.78 is 0. The van der Waals surface area contributed by atoms with Crippen molar-refractivity contribution in [3.8, 4) is 17.9 Å². The molecule has 6 nitrogen and oxygen atoms in total. The SMILES string of the molecule is N#Cc1cc(C#CCCN=[N+]=[N-])c[nH]c1=O. The van der Waals surface area contributed by atoms with Crippen LogP contribution in [-0.2, 0) is 0 Å². The maximum Gasteiger partial charge on any atom is 0.265 e. The van der Waals surface area contributed by atoms with Crippen LogP contribution in [0.3, 0.4) is 0 Å². The number of nitriles is 1. The number of pyridine rings is 1. The average Bonchev–Trinajstić information content (AvgIpc) is 2.31. The Morgan fingerprint density at radius 3 is 3.12 bits per heavy atom. The fourth-order valence-corrected chi connectivity index (χ4v) is 0.954. The Morgan fingerprint density at radius 1 is 1.62 bits per heavy atom. The first-order chi connectivity index (χ1) is 7.77. The van der Waals surface area contributed by atoms with Gasteiger partial charge in [-0.1, -0.05) is 17.0 Å². The molecule has 0 amide bonds. The molecule has 0 bridgehead atoms. The lowest BCUT2D eigenvalue weighted by Crippen LogP contribution is -2.09. The predicted octanol–water partition coefficient (Wildman–Crippen LogP) is 1.30. The Balaban J connectivity index is 2.79. The lowest BCUT2D eigenvalue weighted by atomic mass is 10.2. The van der Waals surface area contributed by atoms with Gasteiger partial charge in [0.25, 0.3) is 5.56 Å². The molecule has 6 heteroatoms. The van der Waals surface area contributed by atoms with Crippen molar-refractivity contribution in [1.29, 1.82) is 5.26 Å². The highest BCUT2D eigenvalue weighted by Crippen LogP contribution is 1.95. The van der Waals surface area contributed by atoms with Crippen molar-refractivity contribution in [2.75, 3.05) is 6.54 Å². The van der Waals surface area contributed by atoms with Crippen LogP contribution in [0.5, 0.6) is 0 Å². The minimum atomic E-state index is -0.429. The molecule has 78 valence electrons. The van der Waals surface area contributed by atoms with Gasteiger partial charge in [-0.15, -0.1) is 0 Å². The smallest absolute Gasteiger partial charge is 0.265 e. The molecule has 0 aliphatic heterocycles. The van der Waals surface area contributed by atoms with Crippen LogP contribution in [0.2, 0.25) is 0 Å². The van der Waals surface area contributed by atoms with Crippen molar-refractivity contribution >= 4 is 0 Å². The Hall–Kier alpha value is -2.69. The average molecular weight is 213 g/mol. The monoisotopic (exact) mass is 213 g/mol. The molecule has 1 aromatic rings. The van der Waals surface area contributed by atoms with Crippen LogP contribution in [0, 0.1) is 23.2 Å². The molecule has 0 aliphatic carbocycles. The van der Waals surface area contributed by atoms with E-state index >= 15 is 0 Å². The first-order valence-electron chi connectivity index (χ1n) is 4.40. The van der Waals surface area contributed by atoms with E-state index in [9.17, 15) is 4.79 Å². The Morgan fingerprint density at radius 2 is 2.44 bits per heavy atom. The number of H-pyrrole nitrogens is 1. The van der Waals surface area contributed by atoms with E-state index in [2.05, 4.69) is 26.9 Å². The molecule has 1 heterocycles. The summed E-state index contributed by atoms with van der Waals surface area (Å²) in [7, 11) is 0. The molecule has 0 aliphatic rings. The summed E-state index contributed by atoms with van der Waals surface area (Å²) in [6, 6.07) is 3.18. The van der Waals surface area contributed by atoms with Gasteiger partial charge >= 0.3 is 0 Å². The Bertz CT molecular complexity index is 578. The van der Waals surface area contributed by atoms with Crippen LogP contribution >= 0.6 is 0 Å². The van der Waals surface area contributed by atoms with E-state index < -0.39 is 5.56 Å². The van der Waals surface area contributed by atoms with Crippen molar-refractivity contribution in [2.24, 2.45) is 5.11 Å². The normalized spacial score (nSPS) is 8.19. The standard InChI is InChI=1S/C10H7N5O/c11-6-9-5-8(7-13-10(9)16)3-1-2-4-14-15-12/h5,7H,2,4H2,(H,13,16). The highest BCUT2D eigenvalue weighted by Gasteiger charge is 1.97. The molecule has 0 aromatic carbocycles. The molecule has 0 saturated carbocycles. The minimum Gasteiger partial charge on any atom is -0.327 e. The lowest BCUT2D eigenvalue weighted by molar-refractivity contribution is 1.01. The third kappa shape index (κ3) is 3.22. The molecule has 1 aromatic heterocycles. The topological polar surface area (TPSA) is 105 Å². The summed E-state index contributed by atoms with van der Waals surface area (Å²) in [5.41, 5.74) is 8.17. The predicted molar refractivity (Wildman–Crippen MR) is 57.3 cm³/mol. The maximum atomic E-state index is 11.0. The van der Waals surface area contributed by atoms with E-state index in [1.807, 2.05) is 0 Å². The Kier molecular flexibility index (Phi) is 4.21. The van der Waals surface area contributed by atoms with Crippen molar-refractivity contribution in [2.45, 2.75) is 6.42 Å². The minimum absolute atomic E-state index is 0.0295. The number of aromatic amines is 1. The molecule has 0 unspecified atom stereocenters. The van der Waals surface area contributed by atoms with E-state index in [0.717, 1.165) is 0 Å². The van der Waals surface area contributed by atoms with Gasteiger partial charge in [0.15, 0.2) is 0 Å². The van der Waals surface area contributed by atoms with Gasteiger partial charge in [0.2, 0.25) is 0 Å². The quantitative estimate of drug-likeness (QED) is 0.263. The van der Waals surface area contributed by atoms with Gasteiger partial charge in [0.1, 0.15) is 11.6 Å². The number of aromatic nitrogens is 1. The summed E-state index contributed by atoms with van der Waals surface area (Å²) >= 11 is 0. The highest BCUT2D eigenvalue weighted by atomic mass is 16.1. The summed E-state index contributed by atoms with van der Waals surface area (Å²) in [6.45, 7) is 0.304. The molecule has 1 N–H and O–H groups in total. The van der Waals surface area contributed by atoms with Crippen molar-refractivity contribution < 1.29 is 0 Å². The van der Waals surface area contributed by atoms with Crippen molar-refractivity contribution in [3.63, 3.8) is 0 Å². The molecular weight excluding hydrogens is 206 g/mol. The fourth-order valence-electron chi connectivity index (χ4n) is 0.954. The van der Waals surface area contributed by atoms with Gasteiger partial charge in [-0.05, 0) is 11.6 Å². The van der Waals surface area contributed by atoms with Gasteiger partial charge in [-0.3, -0.25) is 4.79 Å². The van der Waals surface area contributed by atoms with E-state index in [-0.39, 0.29) is 5.56 Å². The number of azide groups is 1. The molecule has 0 saturated heterocycles. The summed E-state index contributed by atoms with van der Waals surface area (Å²) in [6.07, 6.45) is 1.87. The van der Waals surface area contributed by atoms with Crippen LogP contribution in [0.25, 0.3) is 10.4 Å². The van der Waals surface area contributed by atoms with Gasteiger partial charge in [0.05, 0.1) is 0 Å². The zero-order chi connectivity index (χ0) is 11.8. The third-order valence-electron chi connectivity index (χ3n) is 1.66.